The average molecular weight is 507 g/mol. The summed E-state index contributed by atoms with van der Waals surface area (Å²) in [6.07, 6.45) is 9.93. The molecule has 0 aliphatic carbocycles. The molecule has 0 aliphatic rings. The predicted octanol–water partition coefficient (Wildman–Crippen LogP) is 4.81. The zero-order valence-corrected chi connectivity index (χ0v) is 21.3. The smallest absolute Gasteiger partial charge is 0.245 e. The molecule has 1 aromatic carbocycles. The highest BCUT2D eigenvalue weighted by molar-refractivity contribution is 5.88. The number of anilines is 2. The van der Waals surface area contributed by atoms with Crippen LogP contribution in [0.25, 0.3) is 28.3 Å². The molecule has 5 rings (SSSR count). The zero-order chi connectivity index (χ0) is 26.6. The van der Waals surface area contributed by atoms with Crippen LogP contribution < -0.4 is 10.1 Å². The molecule has 0 saturated carbocycles. The van der Waals surface area contributed by atoms with Crippen molar-refractivity contribution in [3.05, 3.63) is 85.2 Å². The second kappa shape index (κ2) is 10.5. The minimum absolute atomic E-state index is 0.140. The molecule has 0 aliphatic heterocycles. The van der Waals surface area contributed by atoms with Gasteiger partial charge >= 0.3 is 0 Å². The number of ether oxygens (including phenoxy) is 1. The van der Waals surface area contributed by atoms with Crippen LogP contribution >= 0.6 is 0 Å². The van der Waals surface area contributed by atoms with Crippen LogP contribution in [-0.2, 0) is 11.8 Å². The molecule has 5 aromatic rings. The van der Waals surface area contributed by atoms with E-state index in [-0.39, 0.29) is 5.91 Å². The molecule has 0 spiro atoms. The van der Waals surface area contributed by atoms with Crippen molar-refractivity contribution in [2.24, 2.45) is 7.05 Å². The molecule has 4 aromatic heterocycles. The van der Waals surface area contributed by atoms with Gasteiger partial charge in [-0.15, -0.1) is 0 Å². The van der Waals surface area contributed by atoms with Gasteiger partial charge < -0.3 is 19.5 Å². The number of pyridine rings is 2. The SMILES string of the molecule is C=CC(=O)N(C)CC=Cc1ccc2ncnc(Nc3ccc(Oc4cnc5c(c4)ncn5C)c(C)c3)c2n1. The Balaban J connectivity index is 1.34. The summed E-state index contributed by atoms with van der Waals surface area (Å²) < 4.78 is 7.94. The van der Waals surface area contributed by atoms with Gasteiger partial charge in [0.2, 0.25) is 5.91 Å². The van der Waals surface area contributed by atoms with Gasteiger partial charge in [-0.3, -0.25) is 4.79 Å². The molecular formula is C28H26N8O2. The van der Waals surface area contributed by atoms with E-state index in [1.807, 2.05) is 67.1 Å². The van der Waals surface area contributed by atoms with Crippen molar-refractivity contribution >= 4 is 45.7 Å². The number of fused-ring (bicyclic) bond motifs is 2. The molecule has 4 heterocycles. The second-order valence-corrected chi connectivity index (χ2v) is 8.73. The third kappa shape index (κ3) is 5.19. The molecule has 0 saturated heterocycles. The number of nitrogens with one attached hydrogen (secondary N) is 1. The van der Waals surface area contributed by atoms with Crippen molar-refractivity contribution in [2.45, 2.75) is 6.92 Å². The van der Waals surface area contributed by atoms with Gasteiger partial charge in [-0.25, -0.2) is 24.9 Å². The Hall–Kier alpha value is -5.12. The first-order valence-electron chi connectivity index (χ1n) is 11.9. The third-order valence-corrected chi connectivity index (χ3v) is 5.91. The van der Waals surface area contributed by atoms with Gasteiger partial charge in [-0.2, -0.15) is 0 Å². The predicted molar refractivity (Wildman–Crippen MR) is 147 cm³/mol. The lowest BCUT2D eigenvalue weighted by Gasteiger charge is -2.12. The van der Waals surface area contributed by atoms with Crippen LogP contribution in [0.3, 0.4) is 0 Å². The fourth-order valence-corrected chi connectivity index (χ4v) is 3.88. The molecule has 38 heavy (non-hydrogen) atoms. The standard InChI is InChI=1S/C28H26N8O2/c1-5-25(37)35(3)12-6-7-19-8-10-22-26(33-19)27(31-16-30-22)34-20-9-11-24(18(2)13-20)38-21-14-23-28(29-15-21)36(4)17-32-23/h5-11,13-17H,1,12H2,2-4H3,(H,30,31,34). The molecule has 0 atom stereocenters. The number of hydrogen-bond donors (Lipinski definition) is 1. The fourth-order valence-electron chi connectivity index (χ4n) is 3.88. The van der Waals surface area contributed by atoms with Crippen molar-refractivity contribution in [3.63, 3.8) is 0 Å². The first-order chi connectivity index (χ1) is 18.4. The van der Waals surface area contributed by atoms with E-state index in [0.717, 1.165) is 28.1 Å². The van der Waals surface area contributed by atoms with Crippen LogP contribution in [0.1, 0.15) is 11.3 Å². The summed E-state index contributed by atoms with van der Waals surface area (Å²) in [6, 6.07) is 11.4. The van der Waals surface area contributed by atoms with E-state index in [4.69, 9.17) is 9.72 Å². The number of carbonyl (C=O) groups excluding carboxylic acids is 1. The number of imidazole rings is 1. The van der Waals surface area contributed by atoms with Gasteiger partial charge in [0, 0.05) is 32.4 Å². The van der Waals surface area contributed by atoms with Gasteiger partial charge in [0.1, 0.15) is 28.9 Å². The Labute approximate surface area is 219 Å². The maximum atomic E-state index is 11.7. The number of amides is 1. The summed E-state index contributed by atoms with van der Waals surface area (Å²) in [4.78, 5) is 35.4. The number of carbonyl (C=O) groups is 1. The van der Waals surface area contributed by atoms with Crippen molar-refractivity contribution in [3.8, 4) is 11.5 Å². The van der Waals surface area contributed by atoms with Crippen LogP contribution in [0.4, 0.5) is 11.5 Å². The van der Waals surface area contributed by atoms with Crippen LogP contribution in [0, 0.1) is 6.92 Å². The molecular weight excluding hydrogens is 480 g/mol. The van der Waals surface area contributed by atoms with Crippen LogP contribution in [-0.4, -0.2) is 53.9 Å². The second-order valence-electron chi connectivity index (χ2n) is 8.73. The first-order valence-corrected chi connectivity index (χ1v) is 11.9. The summed E-state index contributed by atoms with van der Waals surface area (Å²) in [5.41, 5.74) is 5.42. The number of aryl methyl sites for hydroxylation is 2. The Bertz CT molecular complexity index is 1690. The monoisotopic (exact) mass is 506 g/mol. The third-order valence-electron chi connectivity index (χ3n) is 5.91. The maximum Gasteiger partial charge on any atom is 0.245 e. The van der Waals surface area contributed by atoms with E-state index in [0.29, 0.717) is 34.9 Å². The van der Waals surface area contributed by atoms with E-state index >= 15 is 0 Å². The van der Waals surface area contributed by atoms with Crippen molar-refractivity contribution < 1.29 is 9.53 Å². The lowest BCUT2D eigenvalue weighted by Crippen LogP contribution is -2.24. The van der Waals surface area contributed by atoms with E-state index in [1.165, 1.54) is 12.4 Å². The number of hydrogen-bond acceptors (Lipinski definition) is 8. The summed E-state index contributed by atoms with van der Waals surface area (Å²) in [5.74, 6) is 1.78. The molecule has 190 valence electrons. The van der Waals surface area contributed by atoms with E-state index < -0.39 is 0 Å². The molecule has 1 amide bonds. The fraction of sp³-hybridized carbons (Fsp3) is 0.143. The van der Waals surface area contributed by atoms with Gasteiger partial charge in [-0.1, -0.05) is 12.7 Å². The Morgan fingerprint density at radius 3 is 2.82 bits per heavy atom. The summed E-state index contributed by atoms with van der Waals surface area (Å²) >= 11 is 0. The Morgan fingerprint density at radius 2 is 2.00 bits per heavy atom. The molecule has 10 nitrogen and oxygen atoms in total. The number of likely N-dealkylation sites (N-methyl/N-ethyl adjacent to an activating group) is 1. The summed E-state index contributed by atoms with van der Waals surface area (Å²) in [6.45, 7) is 5.92. The van der Waals surface area contributed by atoms with E-state index in [9.17, 15) is 4.79 Å². The Morgan fingerprint density at radius 1 is 1.13 bits per heavy atom. The van der Waals surface area contributed by atoms with Crippen LogP contribution in [0.5, 0.6) is 11.5 Å². The van der Waals surface area contributed by atoms with Crippen molar-refractivity contribution in [2.75, 3.05) is 18.9 Å². The summed E-state index contributed by atoms with van der Waals surface area (Å²) in [7, 11) is 3.62. The van der Waals surface area contributed by atoms with Crippen LogP contribution in [0.2, 0.25) is 0 Å². The largest absolute Gasteiger partial charge is 0.455 e. The lowest BCUT2D eigenvalue weighted by molar-refractivity contribution is -0.124. The molecule has 0 bridgehead atoms. The zero-order valence-electron chi connectivity index (χ0n) is 21.3. The lowest BCUT2D eigenvalue weighted by atomic mass is 10.2. The number of benzene rings is 1. The molecule has 0 fully saturated rings. The Kier molecular flexibility index (Phi) is 6.77. The van der Waals surface area contributed by atoms with Gasteiger partial charge in [0.25, 0.3) is 0 Å². The molecule has 0 radical (unpaired) electrons. The van der Waals surface area contributed by atoms with Crippen molar-refractivity contribution in [1.29, 1.82) is 0 Å². The highest BCUT2D eigenvalue weighted by Crippen LogP contribution is 2.30. The van der Waals surface area contributed by atoms with Gasteiger partial charge in [0.05, 0.1) is 23.7 Å². The normalized spacial score (nSPS) is 11.2. The van der Waals surface area contributed by atoms with Gasteiger partial charge in [0.15, 0.2) is 11.5 Å². The first kappa shape index (κ1) is 24.6. The minimum atomic E-state index is -0.140. The quantitative estimate of drug-likeness (QED) is 0.299. The maximum absolute atomic E-state index is 11.7. The van der Waals surface area contributed by atoms with Gasteiger partial charge in [-0.05, 0) is 55.0 Å². The molecule has 10 heteroatoms. The van der Waals surface area contributed by atoms with E-state index in [1.54, 1.807) is 24.5 Å². The highest BCUT2D eigenvalue weighted by atomic mass is 16.5. The molecule has 1 N–H and O–H groups in total. The van der Waals surface area contributed by atoms with Crippen LogP contribution in [0.15, 0.2) is 74.0 Å². The highest BCUT2D eigenvalue weighted by Gasteiger charge is 2.10. The summed E-state index contributed by atoms with van der Waals surface area (Å²) in [5, 5.41) is 3.35. The average Bonchev–Trinajstić information content (AvgIpc) is 3.29. The number of aromatic nitrogens is 6. The number of rotatable bonds is 8. The van der Waals surface area contributed by atoms with E-state index in [2.05, 4.69) is 31.8 Å². The van der Waals surface area contributed by atoms with Crippen molar-refractivity contribution in [1.82, 2.24) is 34.4 Å². The topological polar surface area (TPSA) is 111 Å². The minimum Gasteiger partial charge on any atom is -0.455 e. The number of nitrogens with zero attached hydrogens (tertiary/aromatic N) is 7. The molecule has 0 unspecified atom stereocenters.